The van der Waals surface area contributed by atoms with Crippen LogP contribution in [0.2, 0.25) is 0 Å². The van der Waals surface area contributed by atoms with Crippen molar-refractivity contribution in [1.29, 1.82) is 0 Å². The molecular formula is C20H23N2O2+. The average molecular weight is 323 g/mol. The zero-order valence-electron chi connectivity index (χ0n) is 14.1. The summed E-state index contributed by atoms with van der Waals surface area (Å²) in [5, 5.41) is 2.23. The highest BCUT2D eigenvalue weighted by molar-refractivity contribution is 6.21. The molecule has 0 unspecified atom stereocenters. The van der Waals surface area contributed by atoms with Crippen molar-refractivity contribution in [2.24, 2.45) is 5.92 Å². The molecule has 0 saturated carbocycles. The third kappa shape index (κ3) is 3.10. The summed E-state index contributed by atoms with van der Waals surface area (Å²) in [6, 6.07) is 17.7. The topological polar surface area (TPSA) is 54.0 Å². The van der Waals surface area contributed by atoms with Gasteiger partial charge in [0.2, 0.25) is 0 Å². The SMILES string of the molecule is CC(C)[C@H]([NH2+]CCN1C(=O)c2ccccc2C1=O)c1ccccc1. The van der Waals surface area contributed by atoms with E-state index in [4.69, 9.17) is 0 Å². The van der Waals surface area contributed by atoms with Gasteiger partial charge < -0.3 is 5.32 Å². The molecule has 0 bridgehead atoms. The second-order valence-corrected chi connectivity index (χ2v) is 6.51. The number of carbonyl (C=O) groups excluding carboxylic acids is 2. The largest absolute Gasteiger partial charge is 0.338 e. The van der Waals surface area contributed by atoms with Crippen molar-refractivity contribution in [2.75, 3.05) is 13.1 Å². The zero-order valence-corrected chi connectivity index (χ0v) is 14.1. The van der Waals surface area contributed by atoms with Gasteiger partial charge in [0.15, 0.2) is 0 Å². The first kappa shape index (κ1) is 16.4. The van der Waals surface area contributed by atoms with Crippen LogP contribution in [0, 0.1) is 5.92 Å². The predicted octanol–water partition coefficient (Wildman–Crippen LogP) is 2.24. The summed E-state index contributed by atoms with van der Waals surface area (Å²) < 4.78 is 0. The Morgan fingerprint density at radius 3 is 1.96 bits per heavy atom. The fraction of sp³-hybridized carbons (Fsp3) is 0.300. The van der Waals surface area contributed by atoms with Gasteiger partial charge in [0.1, 0.15) is 6.04 Å². The van der Waals surface area contributed by atoms with Gasteiger partial charge in [-0.05, 0) is 12.1 Å². The molecule has 1 heterocycles. The number of nitrogens with zero attached hydrogens (tertiary/aromatic N) is 1. The number of imide groups is 1. The van der Waals surface area contributed by atoms with Gasteiger partial charge in [-0.25, -0.2) is 0 Å². The maximum atomic E-state index is 12.4. The lowest BCUT2D eigenvalue weighted by molar-refractivity contribution is -0.701. The summed E-state index contributed by atoms with van der Waals surface area (Å²) in [6.45, 7) is 5.51. The average Bonchev–Trinajstić information content (AvgIpc) is 2.84. The van der Waals surface area contributed by atoms with Crippen molar-refractivity contribution in [1.82, 2.24) is 4.90 Å². The Labute approximate surface area is 142 Å². The summed E-state index contributed by atoms with van der Waals surface area (Å²) in [7, 11) is 0. The molecule has 1 atom stereocenters. The van der Waals surface area contributed by atoms with E-state index in [1.54, 1.807) is 24.3 Å². The van der Waals surface area contributed by atoms with Gasteiger partial charge in [0, 0.05) is 11.5 Å². The first-order valence-electron chi connectivity index (χ1n) is 8.43. The van der Waals surface area contributed by atoms with Crippen molar-refractivity contribution in [3.63, 3.8) is 0 Å². The van der Waals surface area contributed by atoms with Crippen LogP contribution in [-0.4, -0.2) is 29.8 Å². The van der Waals surface area contributed by atoms with E-state index in [2.05, 4.69) is 31.3 Å². The van der Waals surface area contributed by atoms with Crippen LogP contribution in [0.4, 0.5) is 0 Å². The van der Waals surface area contributed by atoms with Crippen molar-refractivity contribution in [2.45, 2.75) is 19.9 Å². The number of benzene rings is 2. The summed E-state index contributed by atoms with van der Waals surface area (Å²) >= 11 is 0. The molecular weight excluding hydrogens is 300 g/mol. The third-order valence-electron chi connectivity index (χ3n) is 4.55. The van der Waals surface area contributed by atoms with Crippen molar-refractivity contribution in [3.05, 3.63) is 71.3 Å². The van der Waals surface area contributed by atoms with Gasteiger partial charge in [-0.15, -0.1) is 0 Å². The molecule has 2 N–H and O–H groups in total. The molecule has 0 aliphatic carbocycles. The Balaban J connectivity index is 1.64. The fourth-order valence-corrected chi connectivity index (χ4v) is 3.29. The predicted molar refractivity (Wildman–Crippen MR) is 92.6 cm³/mol. The second-order valence-electron chi connectivity index (χ2n) is 6.51. The van der Waals surface area contributed by atoms with Crippen LogP contribution < -0.4 is 5.32 Å². The smallest absolute Gasteiger partial charge is 0.261 e. The van der Waals surface area contributed by atoms with E-state index in [1.165, 1.54) is 10.5 Å². The molecule has 0 spiro atoms. The van der Waals surface area contributed by atoms with E-state index >= 15 is 0 Å². The first-order chi connectivity index (χ1) is 11.6. The van der Waals surface area contributed by atoms with Crippen molar-refractivity contribution < 1.29 is 14.9 Å². The lowest BCUT2D eigenvalue weighted by atomic mass is 9.96. The van der Waals surface area contributed by atoms with Crippen LogP contribution in [0.15, 0.2) is 54.6 Å². The fourth-order valence-electron chi connectivity index (χ4n) is 3.29. The molecule has 124 valence electrons. The second kappa shape index (κ2) is 6.97. The molecule has 1 aliphatic rings. The van der Waals surface area contributed by atoms with E-state index in [9.17, 15) is 9.59 Å². The minimum atomic E-state index is -0.176. The Kier molecular flexibility index (Phi) is 4.76. The van der Waals surface area contributed by atoms with Crippen LogP contribution in [0.3, 0.4) is 0 Å². The number of rotatable bonds is 6. The van der Waals surface area contributed by atoms with E-state index in [0.717, 1.165) is 0 Å². The third-order valence-corrected chi connectivity index (χ3v) is 4.55. The van der Waals surface area contributed by atoms with Gasteiger partial charge in [-0.3, -0.25) is 14.5 Å². The summed E-state index contributed by atoms with van der Waals surface area (Å²) in [6.07, 6.45) is 0. The highest BCUT2D eigenvalue weighted by Gasteiger charge is 2.35. The molecule has 3 rings (SSSR count). The number of quaternary nitrogens is 1. The molecule has 0 saturated heterocycles. The van der Waals surface area contributed by atoms with E-state index in [1.807, 2.05) is 18.2 Å². The number of nitrogens with two attached hydrogens (primary N) is 1. The molecule has 4 nitrogen and oxygen atoms in total. The molecule has 0 aromatic heterocycles. The van der Waals surface area contributed by atoms with Crippen LogP contribution in [0.1, 0.15) is 46.2 Å². The monoisotopic (exact) mass is 323 g/mol. The Morgan fingerprint density at radius 2 is 1.42 bits per heavy atom. The van der Waals surface area contributed by atoms with Crippen LogP contribution in [0.25, 0.3) is 0 Å². The molecule has 24 heavy (non-hydrogen) atoms. The maximum Gasteiger partial charge on any atom is 0.261 e. The Morgan fingerprint density at radius 1 is 0.875 bits per heavy atom. The molecule has 2 amide bonds. The standard InChI is InChI=1S/C20H22N2O2/c1-14(2)18(15-8-4-3-5-9-15)21-12-13-22-19(23)16-10-6-7-11-17(16)20(22)24/h3-11,14,18,21H,12-13H2,1-2H3/p+1/t18-/m0/s1. The van der Waals surface area contributed by atoms with E-state index in [-0.39, 0.29) is 11.8 Å². The van der Waals surface area contributed by atoms with Gasteiger partial charge in [-0.1, -0.05) is 56.3 Å². The number of amides is 2. The van der Waals surface area contributed by atoms with Gasteiger partial charge in [-0.2, -0.15) is 0 Å². The number of hydrogen-bond donors (Lipinski definition) is 1. The minimum Gasteiger partial charge on any atom is -0.338 e. The molecule has 2 aromatic rings. The molecule has 0 radical (unpaired) electrons. The molecule has 0 fully saturated rings. The minimum absolute atomic E-state index is 0.176. The maximum absolute atomic E-state index is 12.4. The summed E-state index contributed by atoms with van der Waals surface area (Å²) in [4.78, 5) is 26.1. The van der Waals surface area contributed by atoms with E-state index in [0.29, 0.717) is 36.2 Å². The quantitative estimate of drug-likeness (QED) is 0.829. The van der Waals surface area contributed by atoms with Crippen molar-refractivity contribution in [3.8, 4) is 0 Å². The highest BCUT2D eigenvalue weighted by Crippen LogP contribution is 2.22. The van der Waals surface area contributed by atoms with Gasteiger partial charge >= 0.3 is 0 Å². The number of carbonyl (C=O) groups is 2. The van der Waals surface area contributed by atoms with Crippen LogP contribution in [-0.2, 0) is 0 Å². The lowest BCUT2D eigenvalue weighted by Gasteiger charge is -2.21. The summed E-state index contributed by atoms with van der Waals surface area (Å²) in [5.74, 6) is 0.115. The highest BCUT2D eigenvalue weighted by atomic mass is 16.2. The van der Waals surface area contributed by atoms with E-state index < -0.39 is 0 Å². The molecule has 4 heteroatoms. The number of hydrogen-bond acceptors (Lipinski definition) is 2. The molecule has 2 aromatic carbocycles. The van der Waals surface area contributed by atoms with Gasteiger partial charge in [0.05, 0.1) is 24.2 Å². The summed E-state index contributed by atoms with van der Waals surface area (Å²) in [5.41, 5.74) is 2.31. The number of fused-ring (bicyclic) bond motifs is 1. The first-order valence-corrected chi connectivity index (χ1v) is 8.43. The van der Waals surface area contributed by atoms with Crippen LogP contribution in [0.5, 0.6) is 0 Å². The normalized spacial score (nSPS) is 15.0. The van der Waals surface area contributed by atoms with Crippen LogP contribution >= 0.6 is 0 Å². The Hall–Kier alpha value is -2.46. The Bertz CT molecular complexity index is 705. The van der Waals surface area contributed by atoms with Crippen molar-refractivity contribution >= 4 is 11.8 Å². The molecule has 1 aliphatic heterocycles. The zero-order chi connectivity index (χ0) is 17.1. The lowest BCUT2D eigenvalue weighted by Crippen LogP contribution is -2.87. The van der Waals surface area contributed by atoms with Gasteiger partial charge in [0.25, 0.3) is 11.8 Å².